The van der Waals surface area contributed by atoms with E-state index in [2.05, 4.69) is 5.10 Å². The van der Waals surface area contributed by atoms with Gasteiger partial charge in [-0.25, -0.2) is 5.43 Å². The van der Waals surface area contributed by atoms with Gasteiger partial charge in [0.2, 0.25) is 5.75 Å². The predicted octanol–water partition coefficient (Wildman–Crippen LogP) is 4.80. The Morgan fingerprint density at radius 1 is 0.950 bits per heavy atom. The summed E-state index contributed by atoms with van der Waals surface area (Å²) in [5.41, 5.74) is -0.143. The van der Waals surface area contributed by atoms with Crippen LogP contribution in [0.4, 0.5) is 30.2 Å². The van der Waals surface area contributed by atoms with Crippen molar-refractivity contribution in [2.24, 2.45) is 5.10 Å². The highest BCUT2D eigenvalue weighted by Gasteiger charge is 2.30. The van der Waals surface area contributed by atoms with Gasteiger partial charge in [-0.05, 0) is 55.0 Å². The lowest BCUT2D eigenvalue weighted by atomic mass is 10.2. The Kier molecular flexibility index (Phi) is 8.95. The molecule has 2 N–H and O–H groups in total. The zero-order valence-electron chi connectivity index (χ0n) is 20.3. The molecular weight excluding hydrogens is 543 g/mol. The van der Waals surface area contributed by atoms with Crippen LogP contribution < -0.4 is 20.2 Å². The minimum Gasteiger partial charge on any atom is -0.490 e. The number of alkyl halides is 3. The van der Waals surface area contributed by atoms with E-state index >= 15 is 0 Å². The van der Waals surface area contributed by atoms with E-state index in [1.807, 2.05) is 10.7 Å². The van der Waals surface area contributed by atoms with Gasteiger partial charge in [-0.15, -0.1) is 0 Å². The van der Waals surface area contributed by atoms with E-state index in [4.69, 9.17) is 9.47 Å². The molecule has 0 saturated heterocycles. The highest BCUT2D eigenvalue weighted by Crippen LogP contribution is 2.38. The lowest BCUT2D eigenvalue weighted by molar-refractivity contribution is -0.394. The lowest BCUT2D eigenvalue weighted by Gasteiger charge is -2.12. The highest BCUT2D eigenvalue weighted by atomic mass is 19.4. The van der Waals surface area contributed by atoms with Gasteiger partial charge in [0.15, 0.2) is 11.5 Å². The molecule has 2 amide bonds. The number of rotatable bonds is 9. The van der Waals surface area contributed by atoms with Gasteiger partial charge >= 0.3 is 23.7 Å². The Balaban J connectivity index is 1.71. The molecule has 0 aliphatic rings. The first-order valence-corrected chi connectivity index (χ1v) is 11.1. The first-order chi connectivity index (χ1) is 18.9. The maximum absolute atomic E-state index is 12.8. The van der Waals surface area contributed by atoms with Crippen molar-refractivity contribution in [1.29, 1.82) is 0 Å². The first kappa shape index (κ1) is 29.0. The molecule has 0 radical (unpaired) electrons. The molecule has 0 heterocycles. The summed E-state index contributed by atoms with van der Waals surface area (Å²) in [4.78, 5) is 44.7. The fourth-order valence-electron chi connectivity index (χ4n) is 3.10. The van der Waals surface area contributed by atoms with E-state index < -0.39 is 44.8 Å². The van der Waals surface area contributed by atoms with Crippen molar-refractivity contribution in [3.05, 3.63) is 92.0 Å². The maximum Gasteiger partial charge on any atom is 0.416 e. The molecule has 13 nitrogen and oxygen atoms in total. The number of carbonyl (C=O) groups excluding carboxylic acids is 2. The summed E-state index contributed by atoms with van der Waals surface area (Å²) in [6.07, 6.45) is -3.51. The average Bonchev–Trinajstić information content (AvgIpc) is 2.89. The Bertz CT molecular complexity index is 1490. The molecule has 3 rings (SSSR count). The van der Waals surface area contributed by atoms with Crippen LogP contribution in [0.1, 0.15) is 18.1 Å². The fourth-order valence-corrected chi connectivity index (χ4v) is 3.10. The molecule has 0 saturated carbocycles. The van der Waals surface area contributed by atoms with Crippen molar-refractivity contribution in [3.8, 4) is 17.2 Å². The quantitative estimate of drug-likeness (QED) is 0.162. The van der Waals surface area contributed by atoms with Gasteiger partial charge in [-0.1, -0.05) is 6.07 Å². The van der Waals surface area contributed by atoms with Crippen LogP contribution in [0.25, 0.3) is 0 Å². The van der Waals surface area contributed by atoms with E-state index in [0.717, 1.165) is 36.5 Å². The summed E-state index contributed by atoms with van der Waals surface area (Å²) < 4.78 is 49.5. The number of non-ortho nitro benzene ring substituents is 1. The summed E-state index contributed by atoms with van der Waals surface area (Å²) in [6.45, 7) is 1.81. The van der Waals surface area contributed by atoms with Gasteiger partial charge in [-0.2, -0.15) is 18.3 Å². The van der Waals surface area contributed by atoms with Crippen LogP contribution in [0.15, 0.2) is 65.8 Å². The third kappa shape index (κ3) is 7.50. The third-order valence-electron chi connectivity index (χ3n) is 4.87. The number of nitrogens with zero attached hydrogens (tertiary/aromatic N) is 3. The van der Waals surface area contributed by atoms with Crippen molar-refractivity contribution >= 4 is 35.1 Å². The number of nitro groups is 2. The first-order valence-electron chi connectivity index (χ1n) is 11.1. The van der Waals surface area contributed by atoms with Crippen molar-refractivity contribution < 1.29 is 42.1 Å². The molecule has 208 valence electrons. The molecule has 3 aromatic rings. The van der Waals surface area contributed by atoms with Gasteiger partial charge < -0.3 is 14.8 Å². The monoisotopic (exact) mass is 561 g/mol. The Morgan fingerprint density at radius 2 is 1.68 bits per heavy atom. The standard InChI is InChI=1S/C24H18F3N5O8/c1-2-39-21-10-14(6-8-20(21)40-19-9-7-17(31(35)36)12-18(19)32(37)38)13-28-30-23(34)22(33)29-16-5-3-4-15(11-16)24(25,26)27/h3-13H,2H2,1H3,(H,29,33)(H,30,34)/b28-13+. The molecule has 0 spiro atoms. The van der Waals surface area contributed by atoms with E-state index in [1.165, 1.54) is 24.3 Å². The van der Waals surface area contributed by atoms with Crippen LogP contribution in [0.2, 0.25) is 0 Å². The zero-order chi connectivity index (χ0) is 29.4. The fraction of sp³-hybridized carbons (Fsp3) is 0.125. The molecule has 40 heavy (non-hydrogen) atoms. The molecule has 0 unspecified atom stereocenters. The minimum absolute atomic E-state index is 0.0282. The molecule has 3 aromatic carbocycles. The molecular formula is C24H18F3N5O8. The molecule has 0 fully saturated rings. The Labute approximate surface area is 222 Å². The van der Waals surface area contributed by atoms with Crippen LogP contribution in [0.5, 0.6) is 17.2 Å². The van der Waals surface area contributed by atoms with Gasteiger partial charge in [-0.3, -0.25) is 29.8 Å². The summed E-state index contributed by atoms with van der Waals surface area (Å²) >= 11 is 0. The van der Waals surface area contributed by atoms with Crippen molar-refractivity contribution in [3.63, 3.8) is 0 Å². The summed E-state index contributed by atoms with van der Waals surface area (Å²) in [5.74, 6) is -2.67. The second kappa shape index (κ2) is 12.3. The lowest BCUT2D eigenvalue weighted by Crippen LogP contribution is -2.32. The Hall–Kier alpha value is -5.54. The number of hydrogen-bond donors (Lipinski definition) is 2. The molecule has 0 atom stereocenters. The van der Waals surface area contributed by atoms with Crippen LogP contribution >= 0.6 is 0 Å². The number of anilines is 1. The smallest absolute Gasteiger partial charge is 0.416 e. The van der Waals surface area contributed by atoms with E-state index in [-0.39, 0.29) is 29.5 Å². The molecule has 0 aromatic heterocycles. The molecule has 16 heteroatoms. The van der Waals surface area contributed by atoms with Crippen LogP contribution in [0.3, 0.4) is 0 Å². The second-order valence-corrected chi connectivity index (χ2v) is 7.64. The van der Waals surface area contributed by atoms with Crippen molar-refractivity contribution in [2.45, 2.75) is 13.1 Å². The van der Waals surface area contributed by atoms with Crippen molar-refractivity contribution in [2.75, 3.05) is 11.9 Å². The average molecular weight is 561 g/mol. The van der Waals surface area contributed by atoms with E-state index in [0.29, 0.717) is 11.6 Å². The van der Waals surface area contributed by atoms with Crippen LogP contribution in [0, 0.1) is 20.2 Å². The SMILES string of the molecule is CCOc1cc(/C=N/NC(=O)C(=O)Nc2cccc(C(F)(F)F)c2)ccc1Oc1ccc([N+](=O)[O-])cc1[N+](=O)[O-]. The van der Waals surface area contributed by atoms with Gasteiger partial charge in [0.1, 0.15) is 0 Å². The molecule has 0 bridgehead atoms. The number of halogens is 3. The van der Waals surface area contributed by atoms with Gasteiger partial charge in [0.05, 0.1) is 34.3 Å². The number of carbonyl (C=O) groups is 2. The topological polar surface area (TPSA) is 175 Å². The Morgan fingerprint density at radius 3 is 2.33 bits per heavy atom. The predicted molar refractivity (Wildman–Crippen MR) is 133 cm³/mol. The van der Waals surface area contributed by atoms with Crippen LogP contribution in [-0.2, 0) is 15.8 Å². The zero-order valence-corrected chi connectivity index (χ0v) is 20.3. The number of hydrogen-bond acceptors (Lipinski definition) is 9. The molecule has 0 aliphatic carbocycles. The van der Waals surface area contributed by atoms with Crippen molar-refractivity contribution in [1.82, 2.24) is 5.43 Å². The number of nitro benzene ring substituents is 2. The number of benzene rings is 3. The molecule has 0 aliphatic heterocycles. The number of hydrazone groups is 1. The summed E-state index contributed by atoms with van der Waals surface area (Å²) in [7, 11) is 0. The van der Waals surface area contributed by atoms with E-state index in [1.54, 1.807) is 6.92 Å². The minimum atomic E-state index is -4.63. The number of ether oxygens (including phenoxy) is 2. The second-order valence-electron chi connectivity index (χ2n) is 7.64. The number of amides is 2. The van der Waals surface area contributed by atoms with E-state index in [9.17, 15) is 43.0 Å². The summed E-state index contributed by atoms with van der Waals surface area (Å²) in [6, 6.07) is 10.8. The third-order valence-corrected chi connectivity index (χ3v) is 4.87. The normalized spacial score (nSPS) is 11.1. The van der Waals surface area contributed by atoms with Gasteiger partial charge in [0, 0.05) is 11.8 Å². The highest BCUT2D eigenvalue weighted by molar-refractivity contribution is 6.39. The number of nitrogens with one attached hydrogen (secondary N) is 2. The van der Waals surface area contributed by atoms with Gasteiger partial charge in [0.25, 0.3) is 5.69 Å². The van der Waals surface area contributed by atoms with Crippen LogP contribution in [-0.4, -0.2) is 34.5 Å². The maximum atomic E-state index is 12.8. The summed E-state index contributed by atoms with van der Waals surface area (Å²) in [5, 5.41) is 28.0. The largest absolute Gasteiger partial charge is 0.490 e.